The summed E-state index contributed by atoms with van der Waals surface area (Å²) >= 11 is 1.67. The molecule has 30 heavy (non-hydrogen) atoms. The molecule has 152 valence electrons. The van der Waals surface area contributed by atoms with Gasteiger partial charge in [-0.05, 0) is 42.8 Å². The summed E-state index contributed by atoms with van der Waals surface area (Å²) in [5.41, 5.74) is 2.16. The third-order valence-corrected chi connectivity index (χ3v) is 6.62. The number of nitrogens with zero attached hydrogens (tertiary/aromatic N) is 5. The lowest BCUT2D eigenvalue weighted by Crippen LogP contribution is -2.36. The lowest BCUT2D eigenvalue weighted by Gasteiger charge is -2.24. The van der Waals surface area contributed by atoms with E-state index in [0.717, 1.165) is 30.6 Å². The fourth-order valence-corrected chi connectivity index (χ4v) is 4.99. The molecule has 7 nitrogen and oxygen atoms in total. The van der Waals surface area contributed by atoms with Crippen molar-refractivity contribution in [2.45, 2.75) is 32.4 Å². The molecular weight excluding hydrogens is 398 g/mol. The number of amides is 1. The monoisotopic (exact) mass is 419 g/mol. The number of aromatic nitrogens is 4. The van der Waals surface area contributed by atoms with Crippen molar-refractivity contribution < 1.29 is 4.79 Å². The lowest BCUT2D eigenvalue weighted by atomic mass is 10.2. The first kappa shape index (κ1) is 18.7. The third-order valence-electron chi connectivity index (χ3n) is 5.65. The van der Waals surface area contributed by atoms with E-state index in [1.807, 2.05) is 47.5 Å². The van der Waals surface area contributed by atoms with Crippen LogP contribution in [0.1, 0.15) is 29.3 Å². The minimum atomic E-state index is -0.250. The number of rotatable bonds is 4. The van der Waals surface area contributed by atoms with Crippen molar-refractivity contribution >= 4 is 28.3 Å². The zero-order valence-electron chi connectivity index (χ0n) is 16.6. The minimum Gasteiger partial charge on any atom is -0.333 e. The van der Waals surface area contributed by atoms with Crippen LogP contribution in [0.2, 0.25) is 0 Å². The molecule has 0 N–H and O–H groups in total. The second-order valence-corrected chi connectivity index (χ2v) is 8.50. The maximum Gasteiger partial charge on any atom is 0.264 e. The van der Waals surface area contributed by atoms with E-state index in [0.29, 0.717) is 11.0 Å². The van der Waals surface area contributed by atoms with Crippen LogP contribution in [0.15, 0.2) is 59.1 Å². The number of para-hydroxylation sites is 1. The first-order chi connectivity index (χ1) is 14.6. The Morgan fingerprint density at radius 3 is 2.90 bits per heavy atom. The Hall–Kier alpha value is -3.26. The molecule has 1 atom stereocenters. The van der Waals surface area contributed by atoms with Gasteiger partial charge in [-0.15, -0.1) is 11.3 Å². The van der Waals surface area contributed by atoms with Crippen molar-refractivity contribution in [1.29, 1.82) is 0 Å². The van der Waals surface area contributed by atoms with Crippen LogP contribution in [0.4, 0.5) is 0 Å². The van der Waals surface area contributed by atoms with Crippen LogP contribution in [-0.4, -0.2) is 36.7 Å². The average molecular weight is 420 g/mol. The number of fused-ring (bicyclic) bond motifs is 1. The summed E-state index contributed by atoms with van der Waals surface area (Å²) in [6, 6.07) is 12.0. The predicted molar refractivity (Wildman–Crippen MR) is 116 cm³/mol. The zero-order chi connectivity index (χ0) is 20.7. The number of aryl methyl sites for hydroxylation is 1. The van der Waals surface area contributed by atoms with Crippen LogP contribution in [0.25, 0.3) is 16.7 Å². The van der Waals surface area contributed by atoms with Gasteiger partial charge in [0.2, 0.25) is 5.91 Å². The fourth-order valence-electron chi connectivity index (χ4n) is 4.12. The molecule has 1 amide bonds. The van der Waals surface area contributed by atoms with Crippen LogP contribution in [0.3, 0.4) is 0 Å². The van der Waals surface area contributed by atoms with Gasteiger partial charge in [-0.3, -0.25) is 14.2 Å². The number of thiophene rings is 1. The van der Waals surface area contributed by atoms with Gasteiger partial charge in [0.25, 0.3) is 5.56 Å². The molecule has 0 aliphatic carbocycles. The SMILES string of the molecule is Cc1ccccc1-n1ncc2c(=O)n(CC(=O)N3CCCC3c3cccs3)cnc21. The van der Waals surface area contributed by atoms with E-state index in [9.17, 15) is 9.59 Å². The summed E-state index contributed by atoms with van der Waals surface area (Å²) in [6.07, 6.45) is 4.92. The maximum atomic E-state index is 13.0. The Kier molecular flexibility index (Phi) is 4.71. The number of carbonyl (C=O) groups excluding carboxylic acids is 1. The number of hydrogen-bond donors (Lipinski definition) is 0. The van der Waals surface area contributed by atoms with Crippen molar-refractivity contribution in [2.24, 2.45) is 0 Å². The summed E-state index contributed by atoms with van der Waals surface area (Å²) in [4.78, 5) is 33.6. The predicted octanol–water partition coefficient (Wildman–Crippen LogP) is 3.32. The van der Waals surface area contributed by atoms with Crippen LogP contribution in [0, 0.1) is 6.92 Å². The van der Waals surface area contributed by atoms with Gasteiger partial charge < -0.3 is 4.90 Å². The summed E-state index contributed by atoms with van der Waals surface area (Å²) in [7, 11) is 0. The highest BCUT2D eigenvalue weighted by molar-refractivity contribution is 7.10. The molecule has 8 heteroatoms. The Morgan fingerprint density at radius 2 is 2.10 bits per heavy atom. The van der Waals surface area contributed by atoms with E-state index in [1.165, 1.54) is 22.0 Å². The fraction of sp³-hybridized carbons (Fsp3) is 0.273. The van der Waals surface area contributed by atoms with Gasteiger partial charge in [-0.2, -0.15) is 5.10 Å². The van der Waals surface area contributed by atoms with Crippen molar-refractivity contribution in [3.05, 3.63) is 75.1 Å². The molecule has 1 fully saturated rings. The quantitative estimate of drug-likeness (QED) is 0.509. The van der Waals surface area contributed by atoms with Gasteiger partial charge in [0, 0.05) is 11.4 Å². The van der Waals surface area contributed by atoms with Gasteiger partial charge in [-0.25, -0.2) is 9.67 Å². The van der Waals surface area contributed by atoms with E-state index < -0.39 is 0 Å². The Labute approximate surface area is 177 Å². The van der Waals surface area contributed by atoms with E-state index in [-0.39, 0.29) is 24.1 Å². The van der Waals surface area contributed by atoms with Gasteiger partial charge in [0.05, 0.1) is 17.9 Å². The Bertz CT molecular complexity index is 1270. The molecule has 1 unspecified atom stereocenters. The molecule has 4 aromatic rings. The smallest absolute Gasteiger partial charge is 0.264 e. The van der Waals surface area contributed by atoms with Crippen molar-refractivity contribution in [3.63, 3.8) is 0 Å². The second kappa shape index (κ2) is 7.53. The largest absolute Gasteiger partial charge is 0.333 e. The lowest BCUT2D eigenvalue weighted by molar-refractivity contribution is -0.132. The second-order valence-electron chi connectivity index (χ2n) is 7.52. The van der Waals surface area contributed by atoms with Crippen molar-refractivity contribution in [2.75, 3.05) is 6.54 Å². The highest BCUT2D eigenvalue weighted by Crippen LogP contribution is 2.34. The van der Waals surface area contributed by atoms with E-state index in [4.69, 9.17) is 0 Å². The Morgan fingerprint density at radius 1 is 1.23 bits per heavy atom. The highest BCUT2D eigenvalue weighted by atomic mass is 32.1. The molecule has 0 spiro atoms. The third kappa shape index (κ3) is 3.13. The number of likely N-dealkylation sites (tertiary alicyclic amines) is 1. The van der Waals surface area contributed by atoms with E-state index in [2.05, 4.69) is 16.1 Å². The van der Waals surface area contributed by atoms with Crippen LogP contribution < -0.4 is 5.56 Å². The van der Waals surface area contributed by atoms with Crippen LogP contribution in [0.5, 0.6) is 0 Å². The van der Waals surface area contributed by atoms with Crippen LogP contribution >= 0.6 is 11.3 Å². The summed E-state index contributed by atoms with van der Waals surface area (Å²) < 4.78 is 3.06. The van der Waals surface area contributed by atoms with Crippen LogP contribution in [-0.2, 0) is 11.3 Å². The standard InChI is InChI=1S/C22H21N5O2S/c1-15-6-2-3-7-17(15)27-21-16(12-24-27)22(29)25(14-23-21)13-20(28)26-10-4-8-18(26)19-9-5-11-30-19/h2-3,5-7,9,11-12,14,18H,4,8,10,13H2,1H3. The highest BCUT2D eigenvalue weighted by Gasteiger charge is 2.30. The summed E-state index contributed by atoms with van der Waals surface area (Å²) in [5, 5.41) is 6.82. The van der Waals surface area contributed by atoms with E-state index >= 15 is 0 Å². The maximum absolute atomic E-state index is 13.0. The average Bonchev–Trinajstić information content (AvgIpc) is 3.50. The molecule has 0 radical (unpaired) electrons. The number of benzene rings is 1. The minimum absolute atomic E-state index is 0.0147. The molecular formula is C22H21N5O2S. The molecule has 0 saturated carbocycles. The summed E-state index contributed by atoms with van der Waals surface area (Å²) in [6.45, 7) is 2.69. The molecule has 1 aliphatic rings. The molecule has 5 rings (SSSR count). The van der Waals surface area contributed by atoms with Crippen molar-refractivity contribution in [1.82, 2.24) is 24.2 Å². The summed E-state index contributed by atoms with van der Waals surface area (Å²) in [5.74, 6) is -0.0551. The molecule has 1 aromatic carbocycles. The molecule has 3 aromatic heterocycles. The van der Waals surface area contributed by atoms with Gasteiger partial charge >= 0.3 is 0 Å². The van der Waals surface area contributed by atoms with E-state index in [1.54, 1.807) is 16.0 Å². The topological polar surface area (TPSA) is 73.0 Å². The molecule has 1 aliphatic heterocycles. The van der Waals surface area contributed by atoms with Gasteiger partial charge in [0.1, 0.15) is 18.3 Å². The number of carbonyl (C=O) groups is 1. The zero-order valence-corrected chi connectivity index (χ0v) is 17.4. The number of hydrogen-bond acceptors (Lipinski definition) is 5. The van der Waals surface area contributed by atoms with Gasteiger partial charge in [-0.1, -0.05) is 24.3 Å². The normalized spacial score (nSPS) is 16.4. The molecule has 4 heterocycles. The first-order valence-electron chi connectivity index (χ1n) is 9.95. The first-order valence-corrected chi connectivity index (χ1v) is 10.8. The molecule has 0 bridgehead atoms. The Balaban J connectivity index is 1.44. The van der Waals surface area contributed by atoms with Gasteiger partial charge in [0.15, 0.2) is 5.65 Å². The molecule has 1 saturated heterocycles. The van der Waals surface area contributed by atoms with Crippen molar-refractivity contribution in [3.8, 4) is 5.69 Å².